The number of rotatable bonds is 5. The number of piperidine rings is 1. The number of carbonyl (C=O) groups is 1. The number of fused-ring (bicyclic) bond motifs is 1. The van der Waals surface area contributed by atoms with Crippen molar-refractivity contribution >= 4 is 50.9 Å². The first-order valence-electron chi connectivity index (χ1n) is 14.4. The molecule has 2 aliphatic heterocycles. The summed E-state index contributed by atoms with van der Waals surface area (Å²) in [4.78, 5) is 14.3. The maximum absolute atomic E-state index is 14.1. The van der Waals surface area contributed by atoms with E-state index in [9.17, 15) is 13.2 Å². The van der Waals surface area contributed by atoms with Crippen molar-refractivity contribution < 1.29 is 13.2 Å². The van der Waals surface area contributed by atoms with Crippen molar-refractivity contribution in [1.82, 2.24) is 9.31 Å². The minimum Gasteiger partial charge on any atom is -0.267 e. The van der Waals surface area contributed by atoms with Crippen LogP contribution in [0.3, 0.4) is 0 Å². The highest BCUT2D eigenvalue weighted by Crippen LogP contribution is 2.46. The summed E-state index contributed by atoms with van der Waals surface area (Å²) >= 11 is 12.3. The van der Waals surface area contributed by atoms with Crippen molar-refractivity contribution in [3.63, 3.8) is 0 Å². The van der Waals surface area contributed by atoms with E-state index in [-0.39, 0.29) is 22.8 Å². The predicted molar refractivity (Wildman–Crippen MR) is 168 cm³/mol. The molecular weight excluding hydrogens is 589 g/mol. The van der Waals surface area contributed by atoms with Gasteiger partial charge in [0.25, 0.3) is 5.91 Å². The largest absolute Gasteiger partial charge is 0.274 e. The molecule has 6 rings (SSSR count). The smallest absolute Gasteiger partial charge is 0.267 e. The predicted octanol–water partition coefficient (Wildman–Crippen LogP) is 7.85. The second kappa shape index (κ2) is 12.0. The molecule has 1 amide bonds. The van der Waals surface area contributed by atoms with Crippen LogP contribution in [0.5, 0.6) is 0 Å². The van der Waals surface area contributed by atoms with E-state index in [0.717, 1.165) is 54.5 Å². The number of benzene rings is 3. The van der Waals surface area contributed by atoms with Gasteiger partial charge < -0.3 is 0 Å². The van der Waals surface area contributed by atoms with Gasteiger partial charge in [-0.25, -0.2) is 13.4 Å². The molecule has 0 radical (unpaired) electrons. The van der Waals surface area contributed by atoms with E-state index < -0.39 is 10.0 Å². The van der Waals surface area contributed by atoms with Crippen molar-refractivity contribution in [2.45, 2.75) is 50.0 Å². The fraction of sp³-hybridized carbons (Fsp3) is 0.333. The molecule has 0 aromatic heterocycles. The van der Waals surface area contributed by atoms with E-state index in [1.807, 2.05) is 48.5 Å². The molecule has 1 saturated heterocycles. The van der Waals surface area contributed by atoms with Gasteiger partial charge in [-0.3, -0.25) is 4.79 Å². The van der Waals surface area contributed by atoms with Gasteiger partial charge in [-0.05, 0) is 103 Å². The van der Waals surface area contributed by atoms with Crippen molar-refractivity contribution in [2.75, 3.05) is 13.1 Å². The Bertz CT molecular complexity index is 1630. The minimum absolute atomic E-state index is 0.0104. The van der Waals surface area contributed by atoms with Crippen LogP contribution in [-0.4, -0.2) is 42.4 Å². The number of amides is 1. The molecule has 3 aliphatic rings. The topological polar surface area (TPSA) is 70.0 Å². The van der Waals surface area contributed by atoms with E-state index in [0.29, 0.717) is 34.6 Å². The molecule has 3 unspecified atom stereocenters. The number of carbonyl (C=O) groups excluding carboxylic acids is 1. The van der Waals surface area contributed by atoms with Gasteiger partial charge in [0.1, 0.15) is 0 Å². The quantitative estimate of drug-likeness (QED) is 0.291. The van der Waals surface area contributed by atoms with Gasteiger partial charge in [-0.1, -0.05) is 60.8 Å². The third-order valence-corrected chi connectivity index (χ3v) is 10.9. The van der Waals surface area contributed by atoms with Crippen LogP contribution in [-0.2, 0) is 10.0 Å². The first-order chi connectivity index (χ1) is 20.2. The Morgan fingerprint density at radius 3 is 2.14 bits per heavy atom. The third-order valence-electron chi connectivity index (χ3n) is 8.45. The van der Waals surface area contributed by atoms with Crippen molar-refractivity contribution in [3.8, 4) is 0 Å². The summed E-state index contributed by atoms with van der Waals surface area (Å²) in [6.45, 7) is 3.29. The summed E-state index contributed by atoms with van der Waals surface area (Å²) < 4.78 is 27.9. The third kappa shape index (κ3) is 5.80. The van der Waals surface area contributed by atoms with Crippen LogP contribution in [0.4, 0.5) is 0 Å². The Kier molecular flexibility index (Phi) is 8.29. The van der Waals surface area contributed by atoms with Crippen molar-refractivity contribution in [1.29, 1.82) is 0 Å². The van der Waals surface area contributed by atoms with E-state index in [4.69, 9.17) is 28.3 Å². The van der Waals surface area contributed by atoms with E-state index in [1.165, 1.54) is 4.31 Å². The normalized spacial score (nSPS) is 24.0. The summed E-state index contributed by atoms with van der Waals surface area (Å²) in [5, 5.41) is 7.88. The van der Waals surface area contributed by atoms with Gasteiger partial charge in [0.2, 0.25) is 10.0 Å². The number of hydrazone groups is 1. The first kappa shape index (κ1) is 29.1. The molecule has 42 heavy (non-hydrogen) atoms. The number of halogens is 2. The lowest BCUT2D eigenvalue weighted by molar-refractivity contribution is 0.0676. The number of allylic oxidation sites excluding steroid dienone is 1. The van der Waals surface area contributed by atoms with E-state index in [1.54, 1.807) is 29.3 Å². The molecule has 3 atom stereocenters. The second-order valence-electron chi connectivity index (χ2n) is 11.5. The summed E-state index contributed by atoms with van der Waals surface area (Å²) in [5.74, 6) is 0.144. The molecule has 9 heteroatoms. The number of nitrogens with zero attached hydrogens (tertiary/aromatic N) is 3. The molecule has 2 fully saturated rings. The Morgan fingerprint density at radius 2 is 1.50 bits per heavy atom. The Hall–Kier alpha value is -2.97. The summed E-state index contributed by atoms with van der Waals surface area (Å²) in [6, 6.07) is 21.3. The van der Waals surface area contributed by atoms with Crippen LogP contribution in [0.25, 0.3) is 6.08 Å². The zero-order chi connectivity index (χ0) is 29.4. The van der Waals surface area contributed by atoms with Gasteiger partial charge in [0.05, 0.1) is 16.6 Å². The standard InChI is InChI=1S/C33H33Cl2N3O3S/c1-22-19-26(21-23-5-11-27(34)12-6-23)31-30(20-22)32(24-7-13-28(35)14-8-24)38(36-31)33(39)25-9-15-29(16-10-25)42(40,41)37-17-3-2-4-18-37/h5-16,21-22,30,32H,2-4,17-20H2,1H3/b26-21-. The van der Waals surface area contributed by atoms with Gasteiger partial charge in [0.15, 0.2) is 0 Å². The first-order valence-corrected chi connectivity index (χ1v) is 16.6. The average Bonchev–Trinajstić information content (AvgIpc) is 3.38. The lowest BCUT2D eigenvalue weighted by Crippen LogP contribution is -2.35. The van der Waals surface area contributed by atoms with Crippen molar-refractivity contribution in [2.24, 2.45) is 16.9 Å². The zero-order valence-corrected chi connectivity index (χ0v) is 25.7. The van der Waals surface area contributed by atoms with Crippen LogP contribution in [0.2, 0.25) is 10.0 Å². The van der Waals surface area contributed by atoms with Crippen LogP contribution in [0.15, 0.2) is 88.4 Å². The van der Waals surface area contributed by atoms with Gasteiger partial charge in [-0.15, -0.1) is 0 Å². The van der Waals surface area contributed by atoms with Crippen LogP contribution < -0.4 is 0 Å². The molecule has 218 valence electrons. The van der Waals surface area contributed by atoms with Crippen LogP contribution in [0, 0.1) is 11.8 Å². The fourth-order valence-electron chi connectivity index (χ4n) is 6.37. The van der Waals surface area contributed by atoms with Gasteiger partial charge in [-0.2, -0.15) is 9.41 Å². The van der Waals surface area contributed by atoms with Crippen LogP contribution >= 0.6 is 23.2 Å². The molecule has 2 heterocycles. The minimum atomic E-state index is -3.59. The molecule has 1 saturated carbocycles. The zero-order valence-electron chi connectivity index (χ0n) is 23.4. The van der Waals surface area contributed by atoms with Crippen molar-refractivity contribution in [3.05, 3.63) is 105 Å². The Morgan fingerprint density at radius 1 is 0.881 bits per heavy atom. The van der Waals surface area contributed by atoms with E-state index >= 15 is 0 Å². The monoisotopic (exact) mass is 621 g/mol. The maximum atomic E-state index is 14.1. The molecule has 3 aromatic carbocycles. The molecule has 6 nitrogen and oxygen atoms in total. The molecule has 0 N–H and O–H groups in total. The lowest BCUT2D eigenvalue weighted by atomic mass is 9.73. The lowest BCUT2D eigenvalue weighted by Gasteiger charge is -2.32. The summed E-state index contributed by atoms with van der Waals surface area (Å²) in [7, 11) is -3.59. The van der Waals surface area contributed by atoms with Gasteiger partial charge >= 0.3 is 0 Å². The fourth-order valence-corrected chi connectivity index (χ4v) is 8.14. The highest BCUT2D eigenvalue weighted by molar-refractivity contribution is 7.89. The molecule has 0 spiro atoms. The Balaban J connectivity index is 1.36. The summed E-state index contributed by atoms with van der Waals surface area (Å²) in [6.07, 6.45) is 6.67. The SMILES string of the molecule is CC1C/C(=C/c2ccc(Cl)cc2)C2=NN(C(=O)c3ccc(S(=O)(=O)N4CCCCC4)cc3)C(c3ccc(Cl)cc3)C2C1. The molecule has 3 aromatic rings. The van der Waals surface area contributed by atoms with Crippen LogP contribution in [0.1, 0.15) is 66.6 Å². The summed E-state index contributed by atoms with van der Waals surface area (Å²) in [5.41, 5.74) is 4.41. The average molecular weight is 623 g/mol. The molecule has 0 bridgehead atoms. The Labute approximate surface area is 257 Å². The molecular formula is C33H33Cl2N3O3S. The molecule has 1 aliphatic carbocycles. The number of hydrogen-bond donors (Lipinski definition) is 0. The second-order valence-corrected chi connectivity index (χ2v) is 14.3. The van der Waals surface area contributed by atoms with Gasteiger partial charge in [0, 0.05) is 34.6 Å². The number of hydrogen-bond acceptors (Lipinski definition) is 4. The highest BCUT2D eigenvalue weighted by atomic mass is 35.5. The number of sulfonamides is 1. The van der Waals surface area contributed by atoms with E-state index in [2.05, 4.69) is 13.0 Å². The highest BCUT2D eigenvalue weighted by Gasteiger charge is 2.45. The maximum Gasteiger partial charge on any atom is 0.274 e.